The molecule has 7 unspecified atom stereocenters. The van der Waals surface area contributed by atoms with E-state index in [1.807, 2.05) is 6.92 Å². The molecule has 8 atom stereocenters. The number of ketones is 1. The Labute approximate surface area is 182 Å². The topological polar surface area (TPSA) is 65.0 Å². The first-order valence-corrected chi connectivity index (χ1v) is 18.0. The third-order valence-corrected chi connectivity index (χ3v) is 17.5. The Morgan fingerprint density at radius 1 is 1.07 bits per heavy atom. The summed E-state index contributed by atoms with van der Waals surface area (Å²) in [4.78, 5) is 14.4. The number of aliphatic hydroxyl groups is 1. The number of hydrogen-bond acceptors (Lipinski definition) is 5. The minimum absolute atomic E-state index is 0.0862. The van der Waals surface area contributed by atoms with Crippen LogP contribution in [-0.4, -0.2) is 58.5 Å². The molecule has 2 saturated carbocycles. The number of ether oxygens (including phenoxy) is 1. The lowest BCUT2D eigenvalue weighted by atomic mass is 9.52. The highest BCUT2D eigenvalue weighted by Crippen LogP contribution is 2.58. The van der Waals surface area contributed by atoms with Crippen molar-refractivity contribution < 1.29 is 23.5 Å². The molecule has 5 aliphatic rings. The highest BCUT2D eigenvalue weighted by atomic mass is 28.4. The summed E-state index contributed by atoms with van der Waals surface area (Å²) in [6, 6.07) is 0. The Bertz CT molecular complexity index is 792. The Morgan fingerprint density at radius 3 is 2.43 bits per heavy atom. The quantitative estimate of drug-likeness (QED) is 0.449. The van der Waals surface area contributed by atoms with E-state index in [2.05, 4.69) is 33.1 Å². The Hall–Kier alpha value is -0.316. The zero-order chi connectivity index (χ0) is 21.6. The van der Waals surface area contributed by atoms with E-state index in [1.54, 1.807) is 0 Å². The molecule has 0 spiro atoms. The van der Waals surface area contributed by atoms with Crippen LogP contribution in [0.15, 0.2) is 11.1 Å². The summed E-state index contributed by atoms with van der Waals surface area (Å²) in [6.07, 6.45) is 2.68. The van der Waals surface area contributed by atoms with Crippen molar-refractivity contribution in [1.82, 2.24) is 0 Å². The van der Waals surface area contributed by atoms with Crippen LogP contribution in [0.4, 0.5) is 0 Å². The van der Waals surface area contributed by atoms with Crippen LogP contribution >= 0.6 is 0 Å². The lowest BCUT2D eigenvalue weighted by molar-refractivity contribution is -0.224. The van der Waals surface area contributed by atoms with Crippen molar-refractivity contribution in [1.29, 1.82) is 0 Å². The van der Waals surface area contributed by atoms with E-state index in [0.29, 0.717) is 11.8 Å². The van der Waals surface area contributed by atoms with E-state index in [4.69, 9.17) is 13.6 Å². The van der Waals surface area contributed by atoms with Gasteiger partial charge < -0.3 is 18.7 Å². The maximum absolute atomic E-state index is 14.4. The number of hydrogen-bond donors (Lipinski definition) is 1. The molecule has 2 saturated heterocycles. The molecule has 0 aromatic carbocycles. The molecule has 7 heteroatoms. The highest BCUT2D eigenvalue weighted by molar-refractivity contribution is 6.89. The first kappa shape index (κ1) is 21.5. The minimum Gasteiger partial charge on any atom is -0.414 e. The minimum atomic E-state index is -2.14. The van der Waals surface area contributed by atoms with Gasteiger partial charge in [0.15, 0.2) is 22.4 Å². The van der Waals surface area contributed by atoms with Crippen molar-refractivity contribution in [3.05, 3.63) is 11.1 Å². The first-order chi connectivity index (χ1) is 13.9. The second kappa shape index (κ2) is 6.84. The lowest BCUT2D eigenvalue weighted by Gasteiger charge is -2.59. The van der Waals surface area contributed by atoms with E-state index in [9.17, 15) is 9.90 Å². The fraction of sp³-hybridized carbons (Fsp3) is 0.870. The average Bonchev–Trinajstić information content (AvgIpc) is 2.62. The molecule has 4 fully saturated rings. The van der Waals surface area contributed by atoms with Gasteiger partial charge in [-0.15, -0.1) is 0 Å². The predicted octanol–water partition coefficient (Wildman–Crippen LogP) is 3.82. The van der Waals surface area contributed by atoms with Crippen LogP contribution in [0.25, 0.3) is 0 Å². The second-order valence-corrected chi connectivity index (χ2v) is 21.0. The van der Waals surface area contributed by atoms with Gasteiger partial charge in [0.2, 0.25) is 0 Å². The highest BCUT2D eigenvalue weighted by Gasteiger charge is 2.64. The lowest BCUT2D eigenvalue weighted by Crippen LogP contribution is -2.66. The van der Waals surface area contributed by atoms with E-state index >= 15 is 0 Å². The van der Waals surface area contributed by atoms with E-state index in [0.717, 1.165) is 49.1 Å². The van der Waals surface area contributed by atoms with Gasteiger partial charge in [-0.1, -0.05) is 0 Å². The zero-order valence-electron chi connectivity index (χ0n) is 19.4. The van der Waals surface area contributed by atoms with Gasteiger partial charge in [-0.25, -0.2) is 0 Å². The van der Waals surface area contributed by atoms with Gasteiger partial charge in [-0.2, -0.15) is 0 Å². The Kier molecular flexibility index (Phi) is 4.91. The third kappa shape index (κ3) is 3.18. The van der Waals surface area contributed by atoms with E-state index < -0.39 is 34.3 Å². The van der Waals surface area contributed by atoms with Gasteiger partial charge in [0, 0.05) is 5.92 Å². The molecule has 5 rings (SSSR count). The number of fused-ring (bicyclic) bond motifs is 6. The van der Waals surface area contributed by atoms with Crippen LogP contribution in [0.3, 0.4) is 0 Å². The molecule has 2 heterocycles. The molecule has 168 valence electrons. The van der Waals surface area contributed by atoms with Crippen molar-refractivity contribution in [3.63, 3.8) is 0 Å². The summed E-state index contributed by atoms with van der Waals surface area (Å²) in [5.41, 5.74) is 2.50. The van der Waals surface area contributed by atoms with Crippen LogP contribution in [0.1, 0.15) is 39.5 Å². The fourth-order valence-corrected chi connectivity index (χ4v) is 18.4. The number of carbonyl (C=O) groups is 1. The standard InChI is InChI=1S/C23H38O5Si2/c1-13-15-7-14(9-18(13)24)8-17-16-11-26-19(16)10-20-23(17,2)22(25)21(15)28-30(5,6)12-29(3,4)27-20/h14,16-21,24H,7-12H2,1-6H3/t14?,16?,17?,18?,19?,20?,21?,23-/m0/s1. The average molecular weight is 451 g/mol. The van der Waals surface area contributed by atoms with E-state index in [1.165, 1.54) is 0 Å². The molecule has 0 amide bonds. The van der Waals surface area contributed by atoms with Gasteiger partial charge in [-0.3, -0.25) is 4.79 Å². The SMILES string of the molecule is CC1=C2CC(CC1O)CC1C3COC3CC3O[Si](C)(C)C[Si](C)(C)OC2C(=O)[C@]31C. The summed E-state index contributed by atoms with van der Waals surface area (Å²) in [5.74, 6) is 1.30. The van der Waals surface area contributed by atoms with Crippen LogP contribution in [0.2, 0.25) is 31.9 Å². The summed E-state index contributed by atoms with van der Waals surface area (Å²) in [7, 11) is -4.15. The normalized spacial score (nSPS) is 49.6. The van der Waals surface area contributed by atoms with Gasteiger partial charge in [0.25, 0.3) is 0 Å². The van der Waals surface area contributed by atoms with Crippen molar-refractivity contribution >= 4 is 22.4 Å². The Morgan fingerprint density at radius 2 is 1.77 bits per heavy atom. The third-order valence-electron chi connectivity index (χ3n) is 8.88. The van der Waals surface area contributed by atoms with Crippen LogP contribution in [0.5, 0.6) is 0 Å². The molecule has 4 bridgehead atoms. The molecular formula is C23H38O5Si2. The predicted molar refractivity (Wildman–Crippen MR) is 120 cm³/mol. The summed E-state index contributed by atoms with van der Waals surface area (Å²) in [5, 5.41) is 10.8. The van der Waals surface area contributed by atoms with Gasteiger partial charge in [0.1, 0.15) is 6.10 Å². The number of aliphatic hydroxyl groups excluding tert-OH is 1. The summed E-state index contributed by atoms with van der Waals surface area (Å²) in [6.45, 7) is 14.0. The van der Waals surface area contributed by atoms with Crippen molar-refractivity contribution in [3.8, 4) is 0 Å². The van der Waals surface area contributed by atoms with Gasteiger partial charge >= 0.3 is 0 Å². The van der Waals surface area contributed by atoms with E-state index in [-0.39, 0.29) is 23.9 Å². The fourth-order valence-electron chi connectivity index (χ4n) is 7.52. The maximum atomic E-state index is 14.4. The molecule has 0 aromatic rings. The number of carbonyl (C=O) groups excluding carboxylic acids is 1. The molecule has 2 aliphatic heterocycles. The molecule has 3 aliphatic carbocycles. The molecule has 5 nitrogen and oxygen atoms in total. The van der Waals surface area contributed by atoms with Crippen LogP contribution in [0, 0.1) is 23.2 Å². The van der Waals surface area contributed by atoms with Crippen LogP contribution < -0.4 is 0 Å². The largest absolute Gasteiger partial charge is 0.414 e. The maximum Gasteiger partial charge on any atom is 0.187 e. The summed E-state index contributed by atoms with van der Waals surface area (Å²) < 4.78 is 19.8. The number of Topliss-reactive ketones (excluding diaryl/α,β-unsaturated/α-hetero) is 1. The molecule has 0 aromatic heterocycles. The number of rotatable bonds is 0. The molecule has 0 radical (unpaired) electrons. The zero-order valence-corrected chi connectivity index (χ0v) is 21.4. The van der Waals surface area contributed by atoms with Gasteiger partial charge in [0.05, 0.1) is 30.3 Å². The van der Waals surface area contributed by atoms with Gasteiger partial charge in [-0.05, 0) is 94.4 Å². The van der Waals surface area contributed by atoms with Crippen LogP contribution in [-0.2, 0) is 18.4 Å². The monoisotopic (exact) mass is 450 g/mol. The molecule has 30 heavy (non-hydrogen) atoms. The van der Waals surface area contributed by atoms with Crippen molar-refractivity contribution in [2.75, 3.05) is 6.61 Å². The Balaban J connectivity index is 1.70. The second-order valence-electron chi connectivity index (χ2n) is 12.1. The van der Waals surface area contributed by atoms with Crippen molar-refractivity contribution in [2.24, 2.45) is 23.2 Å². The summed E-state index contributed by atoms with van der Waals surface area (Å²) >= 11 is 0. The smallest absolute Gasteiger partial charge is 0.187 e. The molecular weight excluding hydrogens is 412 g/mol. The van der Waals surface area contributed by atoms with Crippen molar-refractivity contribution in [2.45, 2.75) is 95.8 Å². The molecule has 1 N–H and O–H groups in total. The first-order valence-electron chi connectivity index (χ1n) is 11.8.